The van der Waals surface area contributed by atoms with Crippen molar-refractivity contribution in [3.63, 3.8) is 0 Å². The van der Waals surface area contributed by atoms with Crippen LogP contribution in [-0.2, 0) is 25.6 Å². The van der Waals surface area contributed by atoms with Gasteiger partial charge in [0.25, 0.3) is 0 Å². The van der Waals surface area contributed by atoms with E-state index >= 15 is 0 Å². The Hall–Kier alpha value is -3.13. The number of amides is 3. The molecule has 0 aliphatic heterocycles. The van der Waals surface area contributed by atoms with Crippen molar-refractivity contribution in [2.75, 3.05) is 25.2 Å². The molecule has 1 heterocycles. The maximum Gasteiger partial charge on any atom is 0.328 e. The molecule has 2 rings (SSSR count). The second-order valence-electron chi connectivity index (χ2n) is 7.84. The molecule has 0 saturated heterocycles. The van der Waals surface area contributed by atoms with Gasteiger partial charge in [-0.1, -0.05) is 18.2 Å². The molecule has 9 N–H and O–H groups in total. The minimum absolute atomic E-state index is 0.155. The highest BCUT2D eigenvalue weighted by molar-refractivity contribution is 7.98. The number of rotatable bonds is 14. The van der Waals surface area contributed by atoms with E-state index in [1.54, 1.807) is 12.5 Å². The number of nitrogens with one attached hydrogen (secondary N) is 4. The highest BCUT2D eigenvalue weighted by atomic mass is 32.2. The first-order chi connectivity index (χ1) is 16.7. The summed E-state index contributed by atoms with van der Waals surface area (Å²) in [5, 5.41) is 35.7. The number of hydrogen-bond donors (Lipinski definition) is 8. The van der Waals surface area contributed by atoms with Crippen molar-refractivity contribution in [2.24, 2.45) is 5.73 Å². The Morgan fingerprint density at radius 3 is 2.20 bits per heavy atom. The Morgan fingerprint density at radius 1 is 0.971 bits per heavy atom. The van der Waals surface area contributed by atoms with Gasteiger partial charge in [-0.25, -0.2) is 4.79 Å². The lowest BCUT2D eigenvalue weighted by atomic mass is 10.0. The molecule has 12 nitrogen and oxygen atoms in total. The number of nitrogens with two attached hydrogens (primary N) is 1. The molecule has 0 bridgehead atoms. The standard InChI is InChI=1S/C22H31N5O7S/c1-35-7-6-16(20(31)27-18(11-29)22(33)34)25-21(32)17(10-28)26-19(30)14(23)8-12-9-24-15-5-3-2-4-13(12)15/h2-5,9,14,16-18,24,28-29H,6-8,10-11,23H2,1H3,(H,25,32)(H,26,30)(H,27,31)(H,33,34). The number of carboxylic acids is 1. The molecule has 4 unspecified atom stereocenters. The highest BCUT2D eigenvalue weighted by Crippen LogP contribution is 2.18. The van der Waals surface area contributed by atoms with Gasteiger partial charge in [0.15, 0.2) is 0 Å². The monoisotopic (exact) mass is 509 g/mol. The number of para-hydroxylation sites is 1. The lowest BCUT2D eigenvalue weighted by molar-refractivity contribution is -0.143. The van der Waals surface area contributed by atoms with Crippen LogP contribution in [0.3, 0.4) is 0 Å². The fraction of sp³-hybridized carbons (Fsp3) is 0.455. The van der Waals surface area contributed by atoms with E-state index in [1.165, 1.54) is 11.8 Å². The van der Waals surface area contributed by atoms with Crippen LogP contribution in [0.4, 0.5) is 0 Å². The smallest absolute Gasteiger partial charge is 0.328 e. The number of carbonyl (C=O) groups excluding carboxylic acids is 3. The van der Waals surface area contributed by atoms with E-state index in [2.05, 4.69) is 20.9 Å². The molecule has 2 aromatic rings. The van der Waals surface area contributed by atoms with Crippen molar-refractivity contribution in [2.45, 2.75) is 37.0 Å². The van der Waals surface area contributed by atoms with Gasteiger partial charge in [-0.2, -0.15) is 11.8 Å². The van der Waals surface area contributed by atoms with E-state index in [0.29, 0.717) is 5.75 Å². The van der Waals surface area contributed by atoms with E-state index < -0.39 is 61.1 Å². The maximum absolute atomic E-state index is 12.7. The number of hydrogen-bond acceptors (Lipinski definition) is 8. The van der Waals surface area contributed by atoms with Gasteiger partial charge in [-0.3, -0.25) is 14.4 Å². The van der Waals surface area contributed by atoms with Crippen LogP contribution < -0.4 is 21.7 Å². The number of H-pyrrole nitrogens is 1. The normalized spacial score (nSPS) is 14.5. The van der Waals surface area contributed by atoms with Gasteiger partial charge >= 0.3 is 5.97 Å². The molecule has 3 amide bonds. The van der Waals surface area contributed by atoms with Gasteiger partial charge < -0.3 is 42.0 Å². The summed E-state index contributed by atoms with van der Waals surface area (Å²) in [5.41, 5.74) is 7.74. The molecule has 1 aromatic carbocycles. The second-order valence-corrected chi connectivity index (χ2v) is 8.82. The number of aromatic nitrogens is 1. The third-order valence-corrected chi connectivity index (χ3v) is 5.95. The van der Waals surface area contributed by atoms with Crippen molar-refractivity contribution in [3.05, 3.63) is 36.0 Å². The van der Waals surface area contributed by atoms with Crippen LogP contribution >= 0.6 is 11.8 Å². The molecular weight excluding hydrogens is 478 g/mol. The second kappa shape index (κ2) is 13.7. The molecule has 1 aromatic heterocycles. The summed E-state index contributed by atoms with van der Waals surface area (Å²) in [6.07, 6.45) is 3.88. The van der Waals surface area contributed by atoms with E-state index in [4.69, 9.17) is 15.9 Å². The number of aliphatic hydroxyl groups excluding tert-OH is 2. The van der Waals surface area contributed by atoms with Crippen molar-refractivity contribution in [3.8, 4) is 0 Å². The molecule has 4 atom stereocenters. The number of aliphatic carboxylic acids is 1. The quantitative estimate of drug-likeness (QED) is 0.146. The van der Waals surface area contributed by atoms with Crippen molar-refractivity contribution in [1.29, 1.82) is 0 Å². The predicted molar refractivity (Wildman–Crippen MR) is 131 cm³/mol. The summed E-state index contributed by atoms with van der Waals surface area (Å²) in [7, 11) is 0. The Kier molecular flexibility index (Phi) is 11.0. The zero-order valence-corrected chi connectivity index (χ0v) is 20.0. The van der Waals surface area contributed by atoms with Gasteiger partial charge in [0, 0.05) is 17.1 Å². The van der Waals surface area contributed by atoms with Gasteiger partial charge in [0.2, 0.25) is 17.7 Å². The minimum Gasteiger partial charge on any atom is -0.480 e. The summed E-state index contributed by atoms with van der Waals surface area (Å²) >= 11 is 1.40. The van der Waals surface area contributed by atoms with Crippen LogP contribution in [0, 0.1) is 0 Å². The first-order valence-electron chi connectivity index (χ1n) is 10.9. The summed E-state index contributed by atoms with van der Waals surface area (Å²) in [4.78, 5) is 52.0. The Bertz CT molecular complexity index is 1030. The number of benzene rings is 1. The molecule has 0 fully saturated rings. The zero-order chi connectivity index (χ0) is 26.0. The number of thioether (sulfide) groups is 1. The summed E-state index contributed by atoms with van der Waals surface area (Å²) < 4.78 is 0. The minimum atomic E-state index is -1.54. The number of aliphatic hydroxyl groups is 2. The maximum atomic E-state index is 12.7. The first kappa shape index (κ1) is 28.1. The number of carbonyl (C=O) groups is 4. The summed E-state index contributed by atoms with van der Waals surface area (Å²) in [6, 6.07) is 2.45. The fourth-order valence-electron chi connectivity index (χ4n) is 3.34. The fourth-order valence-corrected chi connectivity index (χ4v) is 3.81. The number of fused-ring (bicyclic) bond motifs is 1. The molecule has 35 heavy (non-hydrogen) atoms. The summed E-state index contributed by atoms with van der Waals surface area (Å²) in [6.45, 7) is -1.57. The molecule has 0 aliphatic rings. The third kappa shape index (κ3) is 7.96. The van der Waals surface area contributed by atoms with Crippen molar-refractivity contribution >= 4 is 46.4 Å². The van der Waals surface area contributed by atoms with E-state index in [9.17, 15) is 24.3 Å². The van der Waals surface area contributed by atoms with Gasteiger partial charge in [-0.05, 0) is 36.5 Å². The molecule has 0 aliphatic carbocycles. The Balaban J connectivity index is 2.01. The molecule has 0 radical (unpaired) electrons. The lowest BCUT2D eigenvalue weighted by Crippen LogP contribution is -2.58. The van der Waals surface area contributed by atoms with Crippen LogP contribution in [0.1, 0.15) is 12.0 Å². The topological polar surface area (TPSA) is 207 Å². The third-order valence-electron chi connectivity index (χ3n) is 5.31. The SMILES string of the molecule is CSCCC(NC(=O)C(CO)NC(=O)C(N)Cc1c[nH]c2ccccc12)C(=O)NC(CO)C(=O)O. The zero-order valence-electron chi connectivity index (χ0n) is 19.2. The van der Waals surface area contributed by atoms with Crippen LogP contribution in [0.15, 0.2) is 30.5 Å². The lowest BCUT2D eigenvalue weighted by Gasteiger charge is -2.24. The van der Waals surface area contributed by atoms with Gasteiger partial charge in [0.05, 0.1) is 19.3 Å². The van der Waals surface area contributed by atoms with E-state index in [1.807, 2.05) is 24.3 Å². The molecule has 192 valence electrons. The van der Waals surface area contributed by atoms with Gasteiger partial charge in [-0.15, -0.1) is 0 Å². The van der Waals surface area contributed by atoms with Crippen molar-refractivity contribution in [1.82, 2.24) is 20.9 Å². The first-order valence-corrected chi connectivity index (χ1v) is 12.3. The largest absolute Gasteiger partial charge is 0.480 e. The van der Waals surface area contributed by atoms with Crippen LogP contribution in [-0.4, -0.2) is 93.4 Å². The Labute approximate surface area is 206 Å². The van der Waals surface area contributed by atoms with Gasteiger partial charge in [0.1, 0.15) is 18.1 Å². The average Bonchev–Trinajstić information content (AvgIpc) is 3.25. The number of aromatic amines is 1. The molecule has 0 saturated carbocycles. The molecule has 0 spiro atoms. The summed E-state index contributed by atoms with van der Waals surface area (Å²) in [5.74, 6) is -3.28. The average molecular weight is 510 g/mol. The van der Waals surface area contributed by atoms with E-state index in [-0.39, 0.29) is 12.8 Å². The predicted octanol–water partition coefficient (Wildman–Crippen LogP) is -1.69. The van der Waals surface area contributed by atoms with Crippen LogP contribution in [0.5, 0.6) is 0 Å². The Morgan fingerprint density at radius 2 is 1.57 bits per heavy atom. The van der Waals surface area contributed by atoms with E-state index in [0.717, 1.165) is 16.5 Å². The molecular formula is C22H31N5O7S. The van der Waals surface area contributed by atoms with Crippen molar-refractivity contribution < 1.29 is 34.5 Å². The number of carboxylic acid groups (broad SMARTS) is 1. The van der Waals surface area contributed by atoms with Crippen LogP contribution in [0.25, 0.3) is 10.9 Å². The highest BCUT2D eigenvalue weighted by Gasteiger charge is 2.30. The van der Waals surface area contributed by atoms with Crippen LogP contribution in [0.2, 0.25) is 0 Å². The molecule has 13 heteroatoms.